The third-order valence-electron chi connectivity index (χ3n) is 3.31. The molecule has 0 radical (unpaired) electrons. The Morgan fingerprint density at radius 1 is 1.29 bits per heavy atom. The van der Waals surface area contributed by atoms with Gasteiger partial charge in [0.15, 0.2) is 0 Å². The van der Waals surface area contributed by atoms with Gasteiger partial charge in [-0.25, -0.2) is 0 Å². The van der Waals surface area contributed by atoms with Crippen molar-refractivity contribution in [1.82, 2.24) is 0 Å². The lowest BCUT2D eigenvalue weighted by molar-refractivity contribution is -0.112. The van der Waals surface area contributed by atoms with E-state index in [0.29, 0.717) is 0 Å². The first-order chi connectivity index (χ1) is 6.77. The molecular formula is C13H16O. The van der Waals surface area contributed by atoms with E-state index < -0.39 is 0 Å². The number of aldehydes is 1. The molecule has 0 unspecified atom stereocenters. The molecule has 74 valence electrons. The molecule has 1 fully saturated rings. The van der Waals surface area contributed by atoms with Gasteiger partial charge in [-0.05, 0) is 25.3 Å². The normalized spacial score (nSPS) is 19.5. The van der Waals surface area contributed by atoms with Crippen LogP contribution >= 0.6 is 0 Å². The summed E-state index contributed by atoms with van der Waals surface area (Å²) in [5, 5.41) is 0. The quantitative estimate of drug-likeness (QED) is 0.652. The Hall–Kier alpha value is -1.11. The molecule has 0 amide bonds. The fraction of sp³-hybridized carbons (Fsp3) is 0.462. The molecule has 1 aliphatic carbocycles. The molecule has 1 nitrogen and oxygen atoms in total. The van der Waals surface area contributed by atoms with Crippen molar-refractivity contribution in [2.45, 2.75) is 38.0 Å². The van der Waals surface area contributed by atoms with Crippen LogP contribution in [0.2, 0.25) is 0 Å². The zero-order chi connectivity index (χ0) is 10.0. The molecule has 1 aromatic carbocycles. The topological polar surface area (TPSA) is 17.1 Å². The molecule has 1 saturated carbocycles. The Morgan fingerprint density at radius 2 is 2.00 bits per heavy atom. The van der Waals surface area contributed by atoms with Gasteiger partial charge in [-0.3, -0.25) is 0 Å². The van der Waals surface area contributed by atoms with Crippen LogP contribution in [0, 0.1) is 6.92 Å². The van der Waals surface area contributed by atoms with Crippen molar-refractivity contribution >= 4 is 6.29 Å². The molecule has 0 aromatic heterocycles. The van der Waals surface area contributed by atoms with E-state index in [4.69, 9.17) is 0 Å². The second kappa shape index (κ2) is 3.56. The van der Waals surface area contributed by atoms with Crippen LogP contribution in [0.3, 0.4) is 0 Å². The summed E-state index contributed by atoms with van der Waals surface area (Å²) in [6.07, 6.45) is 5.59. The smallest absolute Gasteiger partial charge is 0.130 e. The first-order valence-electron chi connectivity index (χ1n) is 5.30. The Kier molecular flexibility index (Phi) is 2.40. The van der Waals surface area contributed by atoms with E-state index in [0.717, 1.165) is 19.1 Å². The standard InChI is InChI=1S/C13H16O/c1-11-5-4-6-12(9-11)13(10-14)7-2-3-8-13/h4-6,9-10H,2-3,7-8H2,1H3. The predicted octanol–water partition coefficient (Wildman–Crippen LogP) is 3.01. The highest BCUT2D eigenvalue weighted by molar-refractivity contribution is 5.69. The van der Waals surface area contributed by atoms with Crippen LogP contribution < -0.4 is 0 Å². The van der Waals surface area contributed by atoms with Gasteiger partial charge in [0.05, 0.1) is 5.41 Å². The maximum absolute atomic E-state index is 11.2. The van der Waals surface area contributed by atoms with Gasteiger partial charge in [0.2, 0.25) is 0 Å². The summed E-state index contributed by atoms with van der Waals surface area (Å²) in [6, 6.07) is 8.37. The van der Waals surface area contributed by atoms with Crippen LogP contribution in [0.4, 0.5) is 0 Å². The fourth-order valence-electron chi connectivity index (χ4n) is 2.44. The third-order valence-corrected chi connectivity index (χ3v) is 3.31. The summed E-state index contributed by atoms with van der Waals surface area (Å²) in [6.45, 7) is 2.08. The maximum atomic E-state index is 11.2. The van der Waals surface area contributed by atoms with Crippen molar-refractivity contribution in [3.05, 3.63) is 35.4 Å². The Bertz CT molecular complexity index is 335. The molecule has 0 aliphatic heterocycles. The largest absolute Gasteiger partial charge is 0.302 e. The molecule has 2 rings (SSSR count). The Morgan fingerprint density at radius 3 is 2.57 bits per heavy atom. The minimum Gasteiger partial charge on any atom is -0.302 e. The molecule has 0 bridgehead atoms. The molecule has 1 heteroatoms. The molecule has 0 saturated heterocycles. The summed E-state index contributed by atoms with van der Waals surface area (Å²) in [5.74, 6) is 0. The molecule has 0 heterocycles. The van der Waals surface area contributed by atoms with Crippen molar-refractivity contribution in [3.63, 3.8) is 0 Å². The van der Waals surface area contributed by atoms with Gasteiger partial charge in [-0.1, -0.05) is 42.7 Å². The zero-order valence-corrected chi connectivity index (χ0v) is 8.62. The van der Waals surface area contributed by atoms with Gasteiger partial charge < -0.3 is 4.79 Å². The van der Waals surface area contributed by atoms with Gasteiger partial charge in [0.1, 0.15) is 6.29 Å². The molecule has 0 spiro atoms. The lowest BCUT2D eigenvalue weighted by Gasteiger charge is -2.22. The van der Waals surface area contributed by atoms with Crippen molar-refractivity contribution in [1.29, 1.82) is 0 Å². The molecule has 1 aromatic rings. The van der Waals surface area contributed by atoms with Crippen LogP contribution in [-0.4, -0.2) is 6.29 Å². The highest BCUT2D eigenvalue weighted by Crippen LogP contribution is 2.39. The fourth-order valence-corrected chi connectivity index (χ4v) is 2.44. The minimum atomic E-state index is -0.161. The molecule has 14 heavy (non-hydrogen) atoms. The van der Waals surface area contributed by atoms with E-state index in [-0.39, 0.29) is 5.41 Å². The van der Waals surface area contributed by atoms with Crippen LogP contribution in [0.15, 0.2) is 24.3 Å². The van der Waals surface area contributed by atoms with E-state index in [9.17, 15) is 4.79 Å². The molecule has 0 atom stereocenters. The number of hydrogen-bond donors (Lipinski definition) is 0. The van der Waals surface area contributed by atoms with E-state index in [1.165, 1.54) is 24.0 Å². The van der Waals surface area contributed by atoms with Gasteiger partial charge in [0.25, 0.3) is 0 Å². The minimum absolute atomic E-state index is 0.161. The summed E-state index contributed by atoms with van der Waals surface area (Å²) < 4.78 is 0. The Balaban J connectivity index is 2.40. The number of benzene rings is 1. The second-order valence-corrected chi connectivity index (χ2v) is 4.35. The summed E-state index contributed by atoms with van der Waals surface area (Å²) in [5.41, 5.74) is 2.30. The number of hydrogen-bond acceptors (Lipinski definition) is 1. The predicted molar refractivity (Wildman–Crippen MR) is 57.4 cm³/mol. The first kappa shape index (κ1) is 9.45. The molecular weight excluding hydrogens is 172 g/mol. The summed E-state index contributed by atoms with van der Waals surface area (Å²) in [4.78, 5) is 11.2. The molecule has 1 aliphatic rings. The van der Waals surface area contributed by atoms with Crippen LogP contribution in [0.1, 0.15) is 36.8 Å². The van der Waals surface area contributed by atoms with Crippen molar-refractivity contribution in [2.75, 3.05) is 0 Å². The first-order valence-corrected chi connectivity index (χ1v) is 5.30. The van der Waals surface area contributed by atoms with E-state index in [1.807, 2.05) is 6.07 Å². The van der Waals surface area contributed by atoms with Crippen LogP contribution in [0.25, 0.3) is 0 Å². The highest BCUT2D eigenvalue weighted by atomic mass is 16.1. The second-order valence-electron chi connectivity index (χ2n) is 4.35. The number of carbonyl (C=O) groups excluding carboxylic acids is 1. The van der Waals surface area contributed by atoms with Crippen molar-refractivity contribution in [3.8, 4) is 0 Å². The number of rotatable bonds is 2. The van der Waals surface area contributed by atoms with E-state index in [2.05, 4.69) is 25.1 Å². The van der Waals surface area contributed by atoms with Gasteiger partial charge in [-0.2, -0.15) is 0 Å². The lowest BCUT2D eigenvalue weighted by atomic mass is 9.80. The van der Waals surface area contributed by atoms with Gasteiger partial charge in [-0.15, -0.1) is 0 Å². The Labute approximate surface area is 85.1 Å². The van der Waals surface area contributed by atoms with Gasteiger partial charge in [0, 0.05) is 0 Å². The number of carbonyl (C=O) groups is 1. The number of aryl methyl sites for hydroxylation is 1. The van der Waals surface area contributed by atoms with Crippen molar-refractivity contribution < 1.29 is 4.79 Å². The summed E-state index contributed by atoms with van der Waals surface area (Å²) in [7, 11) is 0. The maximum Gasteiger partial charge on any atom is 0.130 e. The van der Waals surface area contributed by atoms with E-state index in [1.54, 1.807) is 0 Å². The monoisotopic (exact) mass is 188 g/mol. The lowest BCUT2D eigenvalue weighted by Crippen LogP contribution is -2.23. The SMILES string of the molecule is Cc1cccc(C2(C=O)CCCC2)c1. The third kappa shape index (κ3) is 1.47. The van der Waals surface area contributed by atoms with Gasteiger partial charge >= 0.3 is 0 Å². The summed E-state index contributed by atoms with van der Waals surface area (Å²) >= 11 is 0. The zero-order valence-electron chi connectivity index (χ0n) is 8.62. The van der Waals surface area contributed by atoms with Crippen molar-refractivity contribution in [2.24, 2.45) is 0 Å². The molecule has 0 N–H and O–H groups in total. The van der Waals surface area contributed by atoms with Crippen LogP contribution in [0.5, 0.6) is 0 Å². The average molecular weight is 188 g/mol. The average Bonchev–Trinajstić information content (AvgIpc) is 2.67. The van der Waals surface area contributed by atoms with Crippen LogP contribution in [-0.2, 0) is 10.2 Å². The highest BCUT2D eigenvalue weighted by Gasteiger charge is 2.35. The van der Waals surface area contributed by atoms with E-state index >= 15 is 0 Å².